The molecule has 2 aromatic rings. The van der Waals surface area contributed by atoms with E-state index in [1.165, 1.54) is 17.4 Å². The standard InChI is InChI=1S/C14H11BrF3NOS/c1-7-5-12(21-8(7)2)13(20)19-11-6-9(14(16,17)18)3-4-10(11)15/h3-6H,1-2H3,(H,19,20). The number of carbonyl (C=O) groups is 1. The summed E-state index contributed by atoms with van der Waals surface area (Å²) in [6.45, 7) is 3.76. The lowest BCUT2D eigenvalue weighted by Gasteiger charge is -2.11. The molecular weight excluding hydrogens is 367 g/mol. The van der Waals surface area contributed by atoms with Crippen LogP contribution < -0.4 is 5.32 Å². The molecule has 0 aliphatic rings. The van der Waals surface area contributed by atoms with Crippen LogP contribution in [0.15, 0.2) is 28.7 Å². The summed E-state index contributed by atoms with van der Waals surface area (Å²) in [5.74, 6) is -0.420. The van der Waals surface area contributed by atoms with Crippen LogP contribution in [0.5, 0.6) is 0 Å². The van der Waals surface area contributed by atoms with Gasteiger partial charge < -0.3 is 5.32 Å². The highest BCUT2D eigenvalue weighted by molar-refractivity contribution is 9.10. The molecular formula is C14H11BrF3NOS. The largest absolute Gasteiger partial charge is 0.416 e. The van der Waals surface area contributed by atoms with Gasteiger partial charge >= 0.3 is 6.18 Å². The molecule has 21 heavy (non-hydrogen) atoms. The second-order valence-electron chi connectivity index (χ2n) is 4.50. The third kappa shape index (κ3) is 3.65. The second kappa shape index (κ2) is 5.81. The van der Waals surface area contributed by atoms with Gasteiger partial charge in [-0.25, -0.2) is 0 Å². The van der Waals surface area contributed by atoms with E-state index in [9.17, 15) is 18.0 Å². The molecule has 1 amide bonds. The van der Waals surface area contributed by atoms with Crippen molar-refractivity contribution in [1.82, 2.24) is 0 Å². The molecule has 112 valence electrons. The molecule has 0 saturated heterocycles. The van der Waals surface area contributed by atoms with Gasteiger partial charge in [0.15, 0.2) is 0 Å². The highest BCUT2D eigenvalue weighted by atomic mass is 79.9. The van der Waals surface area contributed by atoms with E-state index >= 15 is 0 Å². The number of amides is 1. The first-order valence-corrected chi connectivity index (χ1v) is 7.54. The number of thiophene rings is 1. The lowest BCUT2D eigenvalue weighted by atomic mass is 10.2. The number of anilines is 1. The van der Waals surface area contributed by atoms with Crippen LogP contribution in [0.2, 0.25) is 0 Å². The summed E-state index contributed by atoms with van der Waals surface area (Å²) in [7, 11) is 0. The van der Waals surface area contributed by atoms with Gasteiger partial charge in [-0.15, -0.1) is 11.3 Å². The van der Waals surface area contributed by atoms with Crippen molar-refractivity contribution in [3.63, 3.8) is 0 Å². The first kappa shape index (κ1) is 16.0. The summed E-state index contributed by atoms with van der Waals surface area (Å²) < 4.78 is 38.5. The predicted octanol–water partition coefficient (Wildman–Crippen LogP) is 5.40. The lowest BCUT2D eigenvalue weighted by Crippen LogP contribution is -2.12. The van der Waals surface area contributed by atoms with Crippen LogP contribution in [-0.2, 0) is 6.18 Å². The number of aryl methyl sites for hydroxylation is 2. The quantitative estimate of drug-likeness (QED) is 0.745. The molecule has 0 spiro atoms. The Hall–Kier alpha value is -1.34. The number of hydrogen-bond acceptors (Lipinski definition) is 2. The zero-order chi connectivity index (χ0) is 15.8. The number of hydrogen-bond donors (Lipinski definition) is 1. The van der Waals surface area contributed by atoms with Crippen molar-refractivity contribution in [2.45, 2.75) is 20.0 Å². The summed E-state index contributed by atoms with van der Waals surface area (Å²) in [5, 5.41) is 2.50. The maximum Gasteiger partial charge on any atom is 0.416 e. The van der Waals surface area contributed by atoms with Gasteiger partial charge in [0.2, 0.25) is 0 Å². The Balaban J connectivity index is 2.28. The van der Waals surface area contributed by atoms with Crippen LogP contribution in [0.25, 0.3) is 0 Å². The predicted molar refractivity (Wildman–Crippen MR) is 80.9 cm³/mol. The maximum absolute atomic E-state index is 12.7. The van der Waals surface area contributed by atoms with Crippen molar-refractivity contribution in [2.24, 2.45) is 0 Å². The molecule has 0 unspecified atom stereocenters. The number of carbonyl (C=O) groups excluding carboxylic acids is 1. The maximum atomic E-state index is 12.7. The van der Waals surface area contributed by atoms with Gasteiger partial charge in [0.05, 0.1) is 16.1 Å². The SMILES string of the molecule is Cc1cc(C(=O)Nc2cc(C(F)(F)F)ccc2Br)sc1C. The Morgan fingerprint density at radius 3 is 2.43 bits per heavy atom. The van der Waals surface area contributed by atoms with Gasteiger partial charge in [-0.1, -0.05) is 0 Å². The summed E-state index contributed by atoms with van der Waals surface area (Å²) in [5.41, 5.74) is 0.270. The Morgan fingerprint density at radius 1 is 1.24 bits per heavy atom. The first-order valence-electron chi connectivity index (χ1n) is 5.93. The van der Waals surface area contributed by atoms with Crippen molar-refractivity contribution < 1.29 is 18.0 Å². The van der Waals surface area contributed by atoms with E-state index in [1.807, 2.05) is 13.8 Å². The van der Waals surface area contributed by atoms with Crippen LogP contribution >= 0.6 is 27.3 Å². The minimum absolute atomic E-state index is 0.0959. The van der Waals surface area contributed by atoms with E-state index in [1.54, 1.807) is 6.07 Å². The highest BCUT2D eigenvalue weighted by Crippen LogP contribution is 2.34. The van der Waals surface area contributed by atoms with Crippen molar-refractivity contribution >= 4 is 38.9 Å². The Kier molecular flexibility index (Phi) is 4.43. The van der Waals surface area contributed by atoms with Crippen LogP contribution in [-0.4, -0.2) is 5.91 Å². The average Bonchev–Trinajstić information content (AvgIpc) is 2.71. The Morgan fingerprint density at radius 2 is 1.90 bits per heavy atom. The lowest BCUT2D eigenvalue weighted by molar-refractivity contribution is -0.137. The number of halogens is 4. The number of benzene rings is 1. The molecule has 0 aliphatic carbocycles. The van der Waals surface area contributed by atoms with E-state index < -0.39 is 17.6 Å². The Bertz CT molecular complexity index is 675. The summed E-state index contributed by atoms with van der Waals surface area (Å²) >= 11 is 4.45. The molecule has 1 N–H and O–H groups in total. The minimum atomic E-state index is -4.45. The normalized spacial score (nSPS) is 11.5. The van der Waals surface area contributed by atoms with Crippen LogP contribution in [0.4, 0.5) is 18.9 Å². The summed E-state index contributed by atoms with van der Waals surface area (Å²) in [6.07, 6.45) is -4.45. The van der Waals surface area contributed by atoms with Crippen molar-refractivity contribution in [1.29, 1.82) is 0 Å². The zero-order valence-electron chi connectivity index (χ0n) is 11.1. The third-order valence-corrected chi connectivity index (χ3v) is 4.77. The molecule has 0 atom stereocenters. The molecule has 1 heterocycles. The Labute approximate surface area is 132 Å². The summed E-state index contributed by atoms with van der Waals surface area (Å²) in [4.78, 5) is 13.6. The molecule has 0 fully saturated rings. The van der Waals surface area contributed by atoms with Gasteiger partial charge in [0.25, 0.3) is 5.91 Å². The van der Waals surface area contributed by atoms with Gasteiger partial charge in [-0.2, -0.15) is 13.2 Å². The monoisotopic (exact) mass is 377 g/mol. The van der Waals surface area contributed by atoms with Crippen molar-refractivity contribution in [3.8, 4) is 0 Å². The molecule has 7 heteroatoms. The van der Waals surface area contributed by atoms with E-state index in [4.69, 9.17) is 0 Å². The molecule has 2 rings (SSSR count). The fraction of sp³-hybridized carbons (Fsp3) is 0.214. The van der Waals surface area contributed by atoms with Crippen molar-refractivity contribution in [2.75, 3.05) is 5.32 Å². The molecule has 2 nitrogen and oxygen atoms in total. The van der Waals surface area contributed by atoms with Gasteiger partial charge in [-0.05, 0) is 59.6 Å². The van der Waals surface area contributed by atoms with Crippen LogP contribution in [0, 0.1) is 13.8 Å². The van der Waals surface area contributed by atoms with Crippen LogP contribution in [0.3, 0.4) is 0 Å². The molecule has 0 saturated carbocycles. The fourth-order valence-electron chi connectivity index (χ4n) is 1.67. The molecule has 0 bridgehead atoms. The smallest absolute Gasteiger partial charge is 0.320 e. The first-order chi connectivity index (χ1) is 9.68. The van der Waals surface area contributed by atoms with E-state index in [-0.39, 0.29) is 5.69 Å². The fourth-order valence-corrected chi connectivity index (χ4v) is 2.94. The van der Waals surface area contributed by atoms with E-state index in [0.29, 0.717) is 9.35 Å². The van der Waals surface area contributed by atoms with Crippen LogP contribution in [0.1, 0.15) is 25.7 Å². The molecule has 1 aromatic heterocycles. The van der Waals surface area contributed by atoms with Gasteiger partial charge in [0, 0.05) is 9.35 Å². The molecule has 0 radical (unpaired) electrons. The second-order valence-corrected chi connectivity index (χ2v) is 6.61. The number of rotatable bonds is 2. The number of alkyl halides is 3. The van der Waals surface area contributed by atoms with Gasteiger partial charge in [0.1, 0.15) is 0 Å². The topological polar surface area (TPSA) is 29.1 Å². The molecule has 0 aliphatic heterocycles. The number of nitrogens with one attached hydrogen (secondary N) is 1. The van der Waals surface area contributed by atoms with Crippen molar-refractivity contribution in [3.05, 3.63) is 49.6 Å². The van der Waals surface area contributed by atoms with E-state index in [2.05, 4.69) is 21.2 Å². The van der Waals surface area contributed by atoms with Gasteiger partial charge in [-0.3, -0.25) is 4.79 Å². The minimum Gasteiger partial charge on any atom is -0.320 e. The average molecular weight is 378 g/mol. The molecule has 1 aromatic carbocycles. The zero-order valence-corrected chi connectivity index (χ0v) is 13.5. The highest BCUT2D eigenvalue weighted by Gasteiger charge is 2.31. The van der Waals surface area contributed by atoms with E-state index in [0.717, 1.165) is 22.6 Å². The summed E-state index contributed by atoms with van der Waals surface area (Å²) in [6, 6.07) is 4.86. The third-order valence-electron chi connectivity index (χ3n) is 2.93.